The number of amides is 3. The van der Waals surface area contributed by atoms with Crippen molar-refractivity contribution in [2.24, 2.45) is 4.99 Å². The van der Waals surface area contributed by atoms with Crippen molar-refractivity contribution in [3.05, 3.63) is 95.8 Å². The number of thioether (sulfide) groups is 1. The lowest BCUT2D eigenvalue weighted by Gasteiger charge is -2.20. The van der Waals surface area contributed by atoms with Crippen molar-refractivity contribution >= 4 is 34.6 Å². The Hall–Kier alpha value is -4.49. The molecule has 1 saturated heterocycles. The lowest BCUT2D eigenvalue weighted by atomic mass is 10.1. The number of hydrazine groups is 1. The molecule has 2 heterocycles. The van der Waals surface area contributed by atoms with E-state index in [4.69, 9.17) is 0 Å². The SMILES string of the molecule is CCCCc1ccccc1N1C(=O)CS/C1=N\C(=O)NNC(C)c1ccc(-c2ncn(-c3ccc(C(F)(F)F)cc3)n2)cc1. The summed E-state index contributed by atoms with van der Waals surface area (Å²) in [7, 11) is 0. The molecular formula is C31H30F3N7O2S. The molecule has 44 heavy (non-hydrogen) atoms. The average molecular weight is 622 g/mol. The number of nitrogens with one attached hydrogen (secondary N) is 2. The maximum atomic E-state index is 12.9. The zero-order valence-electron chi connectivity index (χ0n) is 24.0. The Morgan fingerprint density at radius 3 is 2.50 bits per heavy atom. The number of benzene rings is 3. The van der Waals surface area contributed by atoms with E-state index < -0.39 is 17.8 Å². The summed E-state index contributed by atoms with van der Waals surface area (Å²) < 4.78 is 40.0. The standard InChI is InChI=1S/C31H30F3N7O2S/c1-3-4-7-22-8-5-6-9-26(22)41-27(42)18-44-30(41)36-29(43)38-37-20(2)21-10-12-23(13-11-21)28-35-19-40(39-28)25-16-14-24(15-17-25)31(32,33)34/h5-6,8-17,19-20,37H,3-4,7,18H2,1-2H3,(H,38,43)/b36-30-. The third kappa shape index (κ3) is 7.17. The lowest BCUT2D eigenvalue weighted by Crippen LogP contribution is -2.39. The third-order valence-electron chi connectivity index (χ3n) is 7.01. The normalized spacial score (nSPS) is 15.2. The topological polar surface area (TPSA) is 105 Å². The predicted molar refractivity (Wildman–Crippen MR) is 164 cm³/mol. The lowest BCUT2D eigenvalue weighted by molar-refractivity contribution is -0.137. The van der Waals surface area contributed by atoms with Gasteiger partial charge in [0.15, 0.2) is 11.0 Å². The first-order valence-electron chi connectivity index (χ1n) is 14.0. The zero-order valence-corrected chi connectivity index (χ0v) is 24.8. The summed E-state index contributed by atoms with van der Waals surface area (Å²) in [5, 5.41) is 4.72. The van der Waals surface area contributed by atoms with E-state index >= 15 is 0 Å². The Bertz CT molecular complexity index is 1650. The van der Waals surface area contributed by atoms with Crippen molar-refractivity contribution in [2.45, 2.75) is 45.3 Å². The summed E-state index contributed by atoms with van der Waals surface area (Å²) in [5.41, 5.74) is 8.62. The summed E-state index contributed by atoms with van der Waals surface area (Å²) in [6.45, 7) is 3.98. The Morgan fingerprint density at radius 1 is 1.07 bits per heavy atom. The number of aliphatic imine (C=N–C) groups is 1. The maximum absolute atomic E-state index is 12.9. The number of alkyl halides is 3. The number of amidine groups is 1. The van der Waals surface area contributed by atoms with Crippen LogP contribution >= 0.6 is 11.8 Å². The highest BCUT2D eigenvalue weighted by atomic mass is 32.2. The number of carbonyl (C=O) groups is 2. The summed E-state index contributed by atoms with van der Waals surface area (Å²) in [4.78, 5) is 35.4. The van der Waals surface area contributed by atoms with Crippen LogP contribution < -0.4 is 15.8 Å². The number of hydrogen-bond donors (Lipinski definition) is 2. The van der Waals surface area contributed by atoms with E-state index in [1.54, 1.807) is 0 Å². The fourth-order valence-electron chi connectivity index (χ4n) is 4.60. The van der Waals surface area contributed by atoms with E-state index in [-0.39, 0.29) is 17.7 Å². The van der Waals surface area contributed by atoms with Gasteiger partial charge in [0.2, 0.25) is 5.91 Å². The molecule has 1 aliphatic heterocycles. The summed E-state index contributed by atoms with van der Waals surface area (Å²) in [5.74, 6) is 0.498. The summed E-state index contributed by atoms with van der Waals surface area (Å²) >= 11 is 1.23. The molecule has 0 radical (unpaired) electrons. The van der Waals surface area contributed by atoms with Gasteiger partial charge in [-0.3, -0.25) is 15.1 Å². The van der Waals surface area contributed by atoms with Gasteiger partial charge in [0.05, 0.1) is 22.7 Å². The van der Waals surface area contributed by atoms with Crippen molar-refractivity contribution in [1.82, 2.24) is 25.6 Å². The molecule has 1 fully saturated rings. The first-order chi connectivity index (χ1) is 21.1. The monoisotopic (exact) mass is 621 g/mol. The minimum atomic E-state index is -4.41. The van der Waals surface area contributed by atoms with Crippen LogP contribution in [0.15, 0.2) is 84.1 Å². The molecule has 228 valence electrons. The minimum Gasteiger partial charge on any atom is -0.273 e. The van der Waals surface area contributed by atoms with E-state index in [1.807, 2.05) is 55.5 Å². The summed E-state index contributed by atoms with van der Waals surface area (Å²) in [6.07, 6.45) is -0.123. The molecule has 13 heteroatoms. The van der Waals surface area contributed by atoms with Gasteiger partial charge in [0, 0.05) is 11.6 Å². The Balaban J connectivity index is 1.20. The molecule has 0 bridgehead atoms. The van der Waals surface area contributed by atoms with E-state index in [0.717, 1.165) is 48.2 Å². The van der Waals surface area contributed by atoms with Crippen molar-refractivity contribution in [1.29, 1.82) is 0 Å². The number of nitrogens with zero attached hydrogens (tertiary/aromatic N) is 5. The number of carbonyl (C=O) groups excluding carboxylic acids is 2. The van der Waals surface area contributed by atoms with Crippen molar-refractivity contribution < 1.29 is 22.8 Å². The molecule has 1 aromatic heterocycles. The van der Waals surface area contributed by atoms with Crippen molar-refractivity contribution in [3.63, 3.8) is 0 Å². The van der Waals surface area contributed by atoms with Gasteiger partial charge in [0.1, 0.15) is 6.33 Å². The van der Waals surface area contributed by atoms with Gasteiger partial charge in [-0.05, 0) is 61.2 Å². The van der Waals surface area contributed by atoms with Crippen LogP contribution in [0.4, 0.5) is 23.7 Å². The zero-order chi connectivity index (χ0) is 31.3. The van der Waals surface area contributed by atoms with Crippen LogP contribution in [-0.2, 0) is 17.4 Å². The maximum Gasteiger partial charge on any atom is 0.416 e. The van der Waals surface area contributed by atoms with Gasteiger partial charge in [-0.15, -0.1) is 5.10 Å². The van der Waals surface area contributed by atoms with Gasteiger partial charge in [-0.1, -0.05) is 67.6 Å². The third-order valence-corrected chi connectivity index (χ3v) is 7.93. The highest BCUT2D eigenvalue weighted by molar-refractivity contribution is 8.15. The fourth-order valence-corrected chi connectivity index (χ4v) is 5.46. The number of anilines is 1. The van der Waals surface area contributed by atoms with E-state index in [2.05, 4.69) is 32.9 Å². The van der Waals surface area contributed by atoms with Crippen LogP contribution in [-0.4, -0.2) is 37.6 Å². The number of rotatable bonds is 9. The number of aryl methyl sites for hydroxylation is 1. The predicted octanol–water partition coefficient (Wildman–Crippen LogP) is 6.71. The van der Waals surface area contributed by atoms with Crippen molar-refractivity contribution in [3.8, 4) is 17.1 Å². The molecule has 1 unspecified atom stereocenters. The second-order valence-electron chi connectivity index (χ2n) is 10.1. The van der Waals surface area contributed by atoms with Crippen molar-refractivity contribution in [2.75, 3.05) is 10.7 Å². The van der Waals surface area contributed by atoms with Gasteiger partial charge in [-0.2, -0.15) is 18.2 Å². The smallest absolute Gasteiger partial charge is 0.273 e. The Kier molecular flexibility index (Phi) is 9.45. The molecule has 5 rings (SSSR count). The van der Waals surface area contributed by atoms with Gasteiger partial charge in [-0.25, -0.2) is 19.9 Å². The minimum absolute atomic E-state index is 0.120. The van der Waals surface area contributed by atoms with E-state index in [9.17, 15) is 22.8 Å². The molecule has 3 amide bonds. The number of halogens is 3. The van der Waals surface area contributed by atoms with Crippen LogP contribution in [0.1, 0.15) is 49.4 Å². The molecule has 0 saturated carbocycles. The molecule has 1 aliphatic rings. The first kappa shape index (κ1) is 31.0. The largest absolute Gasteiger partial charge is 0.416 e. The van der Waals surface area contributed by atoms with Crippen LogP contribution in [0.5, 0.6) is 0 Å². The number of unbranched alkanes of at least 4 members (excludes halogenated alkanes) is 1. The Morgan fingerprint density at radius 2 is 1.80 bits per heavy atom. The molecule has 4 aromatic rings. The Labute approximate surface area is 256 Å². The van der Waals surface area contributed by atoms with Gasteiger partial charge in [0.25, 0.3) is 0 Å². The molecule has 0 spiro atoms. The second kappa shape index (κ2) is 13.4. The average Bonchev–Trinajstić information content (AvgIpc) is 3.66. The molecule has 9 nitrogen and oxygen atoms in total. The van der Waals surface area contributed by atoms with Crippen LogP contribution in [0.25, 0.3) is 17.1 Å². The second-order valence-corrected chi connectivity index (χ2v) is 11.1. The number of urea groups is 1. The van der Waals surface area contributed by atoms with Crippen LogP contribution in [0.2, 0.25) is 0 Å². The molecule has 3 aromatic carbocycles. The quantitative estimate of drug-likeness (QED) is 0.202. The van der Waals surface area contributed by atoms with Gasteiger partial charge < -0.3 is 0 Å². The number of hydrogen-bond acceptors (Lipinski definition) is 6. The van der Waals surface area contributed by atoms with Gasteiger partial charge >= 0.3 is 12.2 Å². The van der Waals surface area contributed by atoms with Crippen LogP contribution in [0, 0.1) is 0 Å². The van der Waals surface area contributed by atoms with Crippen LogP contribution in [0.3, 0.4) is 0 Å². The molecule has 0 aliphatic carbocycles. The molecular weight excluding hydrogens is 591 g/mol. The molecule has 1 atom stereocenters. The van der Waals surface area contributed by atoms with E-state index in [0.29, 0.717) is 22.2 Å². The first-order valence-corrected chi connectivity index (χ1v) is 15.0. The highest BCUT2D eigenvalue weighted by Gasteiger charge is 2.32. The number of aromatic nitrogens is 3. The highest BCUT2D eigenvalue weighted by Crippen LogP contribution is 2.31. The number of para-hydroxylation sites is 1. The van der Waals surface area contributed by atoms with E-state index in [1.165, 1.54) is 39.8 Å². The fraction of sp³-hybridized carbons (Fsp3) is 0.258. The summed E-state index contributed by atoms with van der Waals surface area (Å²) in [6, 6.07) is 18.8. The molecule has 2 N–H and O–H groups in total.